The van der Waals surface area contributed by atoms with Gasteiger partial charge < -0.3 is 10.4 Å². The van der Waals surface area contributed by atoms with E-state index in [2.05, 4.69) is 5.32 Å². The van der Waals surface area contributed by atoms with Crippen LogP contribution in [0.5, 0.6) is 0 Å². The standard InChI is InChI=1S/C17H18FNO2/c1-11-3-8-15(18)16(9-11)19-10-13-4-6-14(7-5-13)12(2)17(20)21/h3-9,12,19H,10H2,1-2H3,(H,20,21). The molecule has 0 aliphatic rings. The molecule has 0 saturated carbocycles. The molecule has 110 valence electrons. The monoisotopic (exact) mass is 287 g/mol. The summed E-state index contributed by atoms with van der Waals surface area (Å²) in [7, 11) is 0. The highest BCUT2D eigenvalue weighted by Gasteiger charge is 2.12. The molecule has 1 unspecified atom stereocenters. The fourth-order valence-corrected chi connectivity index (χ4v) is 2.04. The van der Waals surface area contributed by atoms with Gasteiger partial charge in [-0.1, -0.05) is 30.3 Å². The zero-order chi connectivity index (χ0) is 15.4. The fraction of sp³-hybridized carbons (Fsp3) is 0.235. The third kappa shape index (κ3) is 3.81. The number of halogens is 1. The summed E-state index contributed by atoms with van der Waals surface area (Å²) in [5, 5.41) is 12.0. The predicted octanol–water partition coefficient (Wildman–Crippen LogP) is 3.93. The molecule has 3 nitrogen and oxygen atoms in total. The number of hydrogen-bond acceptors (Lipinski definition) is 2. The van der Waals surface area contributed by atoms with E-state index in [4.69, 9.17) is 5.11 Å². The van der Waals surface area contributed by atoms with Gasteiger partial charge >= 0.3 is 5.97 Å². The van der Waals surface area contributed by atoms with Gasteiger partial charge in [0, 0.05) is 6.54 Å². The molecule has 2 aromatic rings. The van der Waals surface area contributed by atoms with Gasteiger partial charge in [0.05, 0.1) is 11.6 Å². The molecule has 0 radical (unpaired) electrons. The lowest BCUT2D eigenvalue weighted by Crippen LogP contribution is -2.07. The third-order valence-corrected chi connectivity index (χ3v) is 3.45. The molecular weight excluding hydrogens is 269 g/mol. The molecule has 0 bridgehead atoms. The highest BCUT2D eigenvalue weighted by Crippen LogP contribution is 2.19. The van der Waals surface area contributed by atoms with Gasteiger partial charge in [0.2, 0.25) is 0 Å². The predicted molar refractivity (Wildman–Crippen MR) is 81.0 cm³/mol. The Labute approximate surface area is 123 Å². The minimum absolute atomic E-state index is 0.281. The Morgan fingerprint density at radius 1 is 1.24 bits per heavy atom. The summed E-state index contributed by atoms with van der Waals surface area (Å²) in [4.78, 5) is 10.9. The Balaban J connectivity index is 2.04. The second-order valence-electron chi connectivity index (χ2n) is 5.14. The maximum Gasteiger partial charge on any atom is 0.310 e. The largest absolute Gasteiger partial charge is 0.481 e. The van der Waals surface area contributed by atoms with Gasteiger partial charge in [-0.15, -0.1) is 0 Å². The first-order chi connectivity index (χ1) is 9.97. The van der Waals surface area contributed by atoms with Crippen molar-refractivity contribution in [2.24, 2.45) is 0 Å². The van der Waals surface area contributed by atoms with E-state index in [1.54, 1.807) is 31.2 Å². The van der Waals surface area contributed by atoms with Crippen molar-refractivity contribution in [3.8, 4) is 0 Å². The van der Waals surface area contributed by atoms with Gasteiger partial charge in [0.25, 0.3) is 0 Å². The highest BCUT2D eigenvalue weighted by molar-refractivity contribution is 5.75. The van der Waals surface area contributed by atoms with E-state index in [0.717, 1.165) is 16.7 Å². The summed E-state index contributed by atoms with van der Waals surface area (Å²) in [6.07, 6.45) is 0. The number of carboxylic acid groups (broad SMARTS) is 1. The number of aliphatic carboxylic acids is 1. The van der Waals surface area contributed by atoms with Crippen molar-refractivity contribution in [3.63, 3.8) is 0 Å². The molecular formula is C17H18FNO2. The summed E-state index contributed by atoms with van der Waals surface area (Å²) in [5.41, 5.74) is 3.19. The van der Waals surface area contributed by atoms with E-state index in [-0.39, 0.29) is 5.82 Å². The number of nitrogens with one attached hydrogen (secondary N) is 1. The van der Waals surface area contributed by atoms with Crippen LogP contribution in [0.3, 0.4) is 0 Å². The van der Waals surface area contributed by atoms with E-state index < -0.39 is 11.9 Å². The number of carbonyl (C=O) groups is 1. The van der Waals surface area contributed by atoms with Crippen LogP contribution in [0, 0.1) is 12.7 Å². The first-order valence-electron chi connectivity index (χ1n) is 6.79. The van der Waals surface area contributed by atoms with Crippen molar-refractivity contribution in [1.29, 1.82) is 0 Å². The zero-order valence-corrected chi connectivity index (χ0v) is 12.1. The molecule has 0 spiro atoms. The molecule has 2 rings (SSSR count). The number of anilines is 1. The summed E-state index contributed by atoms with van der Waals surface area (Å²) in [6.45, 7) is 4.05. The summed E-state index contributed by atoms with van der Waals surface area (Å²) in [6, 6.07) is 12.2. The minimum Gasteiger partial charge on any atom is -0.481 e. The Hall–Kier alpha value is -2.36. The average molecular weight is 287 g/mol. The van der Waals surface area contributed by atoms with Crippen LogP contribution in [0.25, 0.3) is 0 Å². The Morgan fingerprint density at radius 3 is 2.52 bits per heavy atom. The van der Waals surface area contributed by atoms with Crippen LogP contribution in [-0.4, -0.2) is 11.1 Å². The maximum atomic E-state index is 13.6. The first-order valence-corrected chi connectivity index (χ1v) is 6.79. The van der Waals surface area contributed by atoms with Crippen molar-refractivity contribution in [2.75, 3.05) is 5.32 Å². The van der Waals surface area contributed by atoms with E-state index in [9.17, 15) is 9.18 Å². The van der Waals surface area contributed by atoms with E-state index in [1.807, 2.05) is 19.1 Å². The van der Waals surface area contributed by atoms with Crippen LogP contribution in [0.4, 0.5) is 10.1 Å². The molecule has 0 aliphatic carbocycles. The number of rotatable bonds is 5. The molecule has 21 heavy (non-hydrogen) atoms. The summed E-state index contributed by atoms with van der Waals surface area (Å²) >= 11 is 0. The third-order valence-electron chi connectivity index (χ3n) is 3.45. The van der Waals surface area contributed by atoms with E-state index in [1.165, 1.54) is 6.07 Å². The molecule has 4 heteroatoms. The second-order valence-corrected chi connectivity index (χ2v) is 5.14. The highest BCUT2D eigenvalue weighted by atomic mass is 19.1. The van der Waals surface area contributed by atoms with E-state index in [0.29, 0.717) is 12.2 Å². The van der Waals surface area contributed by atoms with Gasteiger partial charge in [-0.3, -0.25) is 4.79 Å². The van der Waals surface area contributed by atoms with Crippen LogP contribution >= 0.6 is 0 Å². The number of aryl methyl sites for hydroxylation is 1. The van der Waals surface area contributed by atoms with Gasteiger partial charge in [0.15, 0.2) is 0 Å². The molecule has 2 N–H and O–H groups in total. The number of carboxylic acids is 1. The lowest BCUT2D eigenvalue weighted by molar-refractivity contribution is -0.138. The lowest BCUT2D eigenvalue weighted by atomic mass is 10.00. The van der Waals surface area contributed by atoms with Crippen LogP contribution in [0.2, 0.25) is 0 Å². The molecule has 1 atom stereocenters. The van der Waals surface area contributed by atoms with Crippen molar-refractivity contribution in [3.05, 3.63) is 65.0 Å². The van der Waals surface area contributed by atoms with Crippen molar-refractivity contribution < 1.29 is 14.3 Å². The minimum atomic E-state index is -0.845. The summed E-state index contributed by atoms with van der Waals surface area (Å²) < 4.78 is 13.6. The zero-order valence-electron chi connectivity index (χ0n) is 12.1. The lowest BCUT2D eigenvalue weighted by Gasteiger charge is -2.10. The topological polar surface area (TPSA) is 49.3 Å². The van der Waals surface area contributed by atoms with Crippen LogP contribution in [0.1, 0.15) is 29.5 Å². The normalized spacial score (nSPS) is 12.0. The molecule has 0 fully saturated rings. The fourth-order valence-electron chi connectivity index (χ4n) is 2.04. The summed E-state index contributed by atoms with van der Waals surface area (Å²) in [5.74, 6) is -1.65. The van der Waals surface area contributed by atoms with Gasteiger partial charge in [-0.2, -0.15) is 0 Å². The Kier molecular flexibility index (Phi) is 4.58. The Morgan fingerprint density at radius 2 is 1.90 bits per heavy atom. The van der Waals surface area contributed by atoms with Crippen LogP contribution < -0.4 is 5.32 Å². The second kappa shape index (κ2) is 6.39. The average Bonchev–Trinajstić information content (AvgIpc) is 2.48. The maximum absolute atomic E-state index is 13.6. The van der Waals surface area contributed by atoms with Crippen molar-refractivity contribution >= 4 is 11.7 Å². The number of hydrogen-bond donors (Lipinski definition) is 2. The van der Waals surface area contributed by atoms with Gasteiger partial charge in [0.1, 0.15) is 5.82 Å². The molecule has 0 aliphatic heterocycles. The number of benzene rings is 2. The quantitative estimate of drug-likeness (QED) is 0.876. The molecule has 0 saturated heterocycles. The van der Waals surface area contributed by atoms with Crippen molar-refractivity contribution in [1.82, 2.24) is 0 Å². The molecule has 2 aromatic carbocycles. The Bertz CT molecular complexity index is 638. The van der Waals surface area contributed by atoms with E-state index >= 15 is 0 Å². The van der Waals surface area contributed by atoms with Gasteiger partial charge in [-0.05, 0) is 42.7 Å². The molecule has 0 amide bonds. The van der Waals surface area contributed by atoms with Gasteiger partial charge in [-0.25, -0.2) is 4.39 Å². The van der Waals surface area contributed by atoms with Crippen molar-refractivity contribution in [2.45, 2.75) is 26.3 Å². The SMILES string of the molecule is Cc1ccc(F)c(NCc2ccc(C(C)C(=O)O)cc2)c1. The van der Waals surface area contributed by atoms with Crippen LogP contribution in [0.15, 0.2) is 42.5 Å². The smallest absolute Gasteiger partial charge is 0.310 e. The van der Waals surface area contributed by atoms with Crippen LogP contribution in [-0.2, 0) is 11.3 Å². The molecule has 0 heterocycles. The molecule has 0 aromatic heterocycles. The first kappa shape index (κ1) is 15.0.